The van der Waals surface area contributed by atoms with Gasteiger partial charge < -0.3 is 14.4 Å². The minimum absolute atomic E-state index is 0.103. The van der Waals surface area contributed by atoms with Gasteiger partial charge in [0.05, 0.1) is 12.0 Å². The minimum atomic E-state index is -0.447. The van der Waals surface area contributed by atoms with Crippen LogP contribution in [0.2, 0.25) is 0 Å². The minimum Gasteiger partial charge on any atom is -0.493 e. The highest BCUT2D eigenvalue weighted by atomic mass is 79.9. The number of halogens is 1. The van der Waals surface area contributed by atoms with E-state index in [1.54, 1.807) is 53.4 Å². The van der Waals surface area contributed by atoms with Gasteiger partial charge in [-0.2, -0.15) is 5.01 Å². The molecule has 35 heavy (non-hydrogen) atoms. The van der Waals surface area contributed by atoms with Crippen LogP contribution in [0.25, 0.3) is 6.08 Å². The van der Waals surface area contributed by atoms with Crippen LogP contribution in [0.1, 0.15) is 29.8 Å². The number of carbonyl (C=O) groups excluding carboxylic acids is 3. The van der Waals surface area contributed by atoms with Crippen molar-refractivity contribution in [1.82, 2.24) is 15.3 Å². The Morgan fingerprint density at radius 1 is 1.14 bits per heavy atom. The van der Waals surface area contributed by atoms with Gasteiger partial charge in [0.1, 0.15) is 0 Å². The van der Waals surface area contributed by atoms with Crippen LogP contribution in [-0.4, -0.2) is 58.8 Å². The average Bonchev–Trinajstić information content (AvgIpc) is 3.11. The number of hydrogen-bond donors (Lipinski definition) is 1. The van der Waals surface area contributed by atoms with Gasteiger partial charge in [-0.3, -0.25) is 19.8 Å². The normalized spacial score (nSPS) is 14.3. The predicted molar refractivity (Wildman–Crippen MR) is 143 cm³/mol. The van der Waals surface area contributed by atoms with Crippen molar-refractivity contribution in [2.45, 2.75) is 13.8 Å². The van der Waals surface area contributed by atoms with Crippen molar-refractivity contribution in [2.75, 3.05) is 26.8 Å². The second kappa shape index (κ2) is 12.2. The van der Waals surface area contributed by atoms with E-state index >= 15 is 0 Å². The van der Waals surface area contributed by atoms with Crippen molar-refractivity contribution < 1.29 is 23.9 Å². The van der Waals surface area contributed by atoms with Crippen LogP contribution in [0.3, 0.4) is 0 Å². The van der Waals surface area contributed by atoms with Crippen molar-refractivity contribution in [3.05, 3.63) is 63.0 Å². The third kappa shape index (κ3) is 6.62. The highest BCUT2D eigenvalue weighted by molar-refractivity contribution is 9.10. The maximum absolute atomic E-state index is 12.9. The van der Waals surface area contributed by atoms with E-state index in [0.29, 0.717) is 40.6 Å². The largest absolute Gasteiger partial charge is 0.493 e. The maximum atomic E-state index is 12.9. The number of ether oxygens (including phenoxy) is 2. The number of methoxy groups -OCH3 is 1. The third-order valence-electron chi connectivity index (χ3n) is 5.07. The van der Waals surface area contributed by atoms with Gasteiger partial charge in [-0.1, -0.05) is 33.8 Å². The molecule has 0 radical (unpaired) electrons. The lowest BCUT2D eigenvalue weighted by Gasteiger charge is -2.19. The zero-order valence-corrected chi connectivity index (χ0v) is 22.6. The molecule has 8 nitrogen and oxygen atoms in total. The summed E-state index contributed by atoms with van der Waals surface area (Å²) in [7, 11) is 1.50. The van der Waals surface area contributed by atoms with Crippen molar-refractivity contribution in [2.24, 2.45) is 0 Å². The topological polar surface area (TPSA) is 88.2 Å². The summed E-state index contributed by atoms with van der Waals surface area (Å²) in [5, 5.41) is 1.06. The number of nitrogens with one attached hydrogen (secondary N) is 1. The number of hydrazine groups is 1. The first-order chi connectivity index (χ1) is 16.8. The molecule has 0 bridgehead atoms. The van der Waals surface area contributed by atoms with Crippen molar-refractivity contribution in [3.8, 4) is 11.5 Å². The fourth-order valence-electron chi connectivity index (χ4n) is 3.18. The number of carbonyl (C=O) groups is 3. The van der Waals surface area contributed by atoms with Crippen LogP contribution in [0.15, 0.2) is 51.8 Å². The van der Waals surface area contributed by atoms with Gasteiger partial charge in [0, 0.05) is 23.1 Å². The molecule has 0 saturated carbocycles. The highest BCUT2D eigenvalue weighted by Crippen LogP contribution is 2.34. The van der Waals surface area contributed by atoms with E-state index in [9.17, 15) is 14.4 Å². The summed E-state index contributed by atoms with van der Waals surface area (Å²) >= 11 is 9.70. The molecule has 3 rings (SSSR count). The molecule has 2 aromatic carbocycles. The Morgan fingerprint density at radius 3 is 2.46 bits per heavy atom. The van der Waals surface area contributed by atoms with Crippen LogP contribution < -0.4 is 14.9 Å². The summed E-state index contributed by atoms with van der Waals surface area (Å²) in [5.41, 5.74) is 3.62. The first kappa shape index (κ1) is 26.7. The summed E-state index contributed by atoms with van der Waals surface area (Å²) in [5.74, 6) is -0.161. The van der Waals surface area contributed by atoms with Gasteiger partial charge >= 0.3 is 0 Å². The molecule has 1 N–H and O–H groups in total. The van der Waals surface area contributed by atoms with Gasteiger partial charge in [0.2, 0.25) is 0 Å². The molecule has 1 heterocycles. The van der Waals surface area contributed by atoms with Gasteiger partial charge in [0.25, 0.3) is 17.7 Å². The van der Waals surface area contributed by atoms with E-state index in [0.717, 1.165) is 21.2 Å². The summed E-state index contributed by atoms with van der Waals surface area (Å²) in [6.07, 6.45) is 1.65. The summed E-state index contributed by atoms with van der Waals surface area (Å²) in [6.45, 7) is 4.93. The number of likely N-dealkylation sites (N-methyl/N-ethyl adjacent to an activating group) is 1. The van der Waals surface area contributed by atoms with E-state index < -0.39 is 11.8 Å². The Bertz CT molecular complexity index is 1170. The molecular weight excluding hydrogens is 554 g/mol. The average molecular weight is 579 g/mol. The van der Waals surface area contributed by atoms with E-state index in [2.05, 4.69) is 21.4 Å². The molecule has 0 aliphatic carbocycles. The number of hydrogen-bond acceptors (Lipinski definition) is 7. The summed E-state index contributed by atoms with van der Waals surface area (Å²) in [6, 6.07) is 11.9. The molecule has 1 aliphatic heterocycles. The van der Waals surface area contributed by atoms with Crippen LogP contribution in [0.4, 0.5) is 0 Å². The molecule has 2 aromatic rings. The van der Waals surface area contributed by atoms with Crippen molar-refractivity contribution in [1.29, 1.82) is 0 Å². The lowest BCUT2D eigenvalue weighted by atomic mass is 10.2. The standard InChI is InChI=1S/C24H24BrN3O5S2/c1-4-27(5-2)21(29)14-33-18-11-6-15(12-19(18)32-3)13-20-23(31)28(24(34)35-20)26-22(30)16-7-9-17(25)10-8-16/h6-13H,4-5,14H2,1-3H3,(H,26,30)/b20-13+. The molecular formula is C24H24BrN3O5S2. The Balaban J connectivity index is 1.71. The number of nitrogens with zero attached hydrogens (tertiary/aromatic N) is 2. The van der Waals surface area contributed by atoms with Crippen LogP contribution >= 0.6 is 39.9 Å². The fraction of sp³-hybridized carbons (Fsp3) is 0.250. The van der Waals surface area contributed by atoms with Crippen molar-refractivity contribution in [3.63, 3.8) is 0 Å². The molecule has 1 fully saturated rings. The zero-order valence-electron chi connectivity index (χ0n) is 19.4. The molecule has 3 amide bonds. The molecule has 11 heteroatoms. The summed E-state index contributed by atoms with van der Waals surface area (Å²) < 4.78 is 12.1. The predicted octanol–water partition coefficient (Wildman–Crippen LogP) is 4.25. The SMILES string of the molecule is CCN(CC)C(=O)COc1ccc(/C=C2/SC(=S)N(NC(=O)c3ccc(Br)cc3)C2=O)cc1OC. The molecule has 0 spiro atoms. The molecule has 0 atom stereocenters. The number of thioether (sulfide) groups is 1. The van der Waals surface area contributed by atoms with Crippen molar-refractivity contribution >= 4 is 68.0 Å². The Kier molecular flexibility index (Phi) is 9.30. The number of benzene rings is 2. The maximum Gasteiger partial charge on any atom is 0.285 e. The van der Waals surface area contributed by atoms with Crippen LogP contribution in [0.5, 0.6) is 11.5 Å². The Labute approximate surface area is 221 Å². The summed E-state index contributed by atoms with van der Waals surface area (Å²) in [4.78, 5) is 39.6. The van der Waals surface area contributed by atoms with E-state index in [-0.39, 0.29) is 16.8 Å². The quantitative estimate of drug-likeness (QED) is 0.352. The molecule has 1 aliphatic rings. The molecule has 0 aromatic heterocycles. The zero-order chi connectivity index (χ0) is 25.5. The first-order valence-corrected chi connectivity index (χ1v) is 12.7. The van der Waals surface area contributed by atoms with Gasteiger partial charge in [-0.05, 0) is 74.1 Å². The Morgan fingerprint density at radius 2 is 1.83 bits per heavy atom. The first-order valence-electron chi connectivity index (χ1n) is 10.7. The number of rotatable bonds is 9. The Hall–Kier alpha value is -2.89. The lowest BCUT2D eigenvalue weighted by Crippen LogP contribution is -2.44. The monoisotopic (exact) mass is 577 g/mol. The van der Waals surface area contributed by atoms with E-state index in [4.69, 9.17) is 21.7 Å². The number of amides is 3. The van der Waals surface area contributed by atoms with Gasteiger partial charge in [-0.15, -0.1) is 0 Å². The van der Waals surface area contributed by atoms with E-state index in [1.165, 1.54) is 7.11 Å². The number of thiocarbonyl (C=S) groups is 1. The smallest absolute Gasteiger partial charge is 0.285 e. The van der Waals surface area contributed by atoms with Gasteiger partial charge in [0.15, 0.2) is 22.4 Å². The van der Waals surface area contributed by atoms with E-state index in [1.807, 2.05) is 13.8 Å². The fourth-order valence-corrected chi connectivity index (χ4v) is 4.63. The van der Waals surface area contributed by atoms with Crippen LogP contribution in [-0.2, 0) is 9.59 Å². The molecule has 0 unspecified atom stereocenters. The molecule has 1 saturated heterocycles. The highest BCUT2D eigenvalue weighted by Gasteiger charge is 2.33. The third-order valence-corrected chi connectivity index (χ3v) is 6.90. The van der Waals surface area contributed by atoms with Gasteiger partial charge in [-0.25, -0.2) is 0 Å². The second-order valence-corrected chi connectivity index (χ2v) is 9.82. The molecule has 184 valence electrons. The van der Waals surface area contributed by atoms with Crippen LogP contribution in [0, 0.1) is 0 Å². The second-order valence-electron chi connectivity index (χ2n) is 7.23. The lowest BCUT2D eigenvalue weighted by molar-refractivity contribution is -0.133.